The van der Waals surface area contributed by atoms with Crippen molar-refractivity contribution in [2.24, 2.45) is 0 Å². The van der Waals surface area contributed by atoms with E-state index in [0.29, 0.717) is 0 Å². The average Bonchev–Trinajstić information content (AvgIpc) is 2.73. The molecule has 16 heteroatoms. The predicted octanol–water partition coefficient (Wildman–Crippen LogP) is -2.52. The summed E-state index contributed by atoms with van der Waals surface area (Å²) in [5, 5.41) is 4.32. The van der Waals surface area contributed by atoms with E-state index in [1.54, 1.807) is 4.72 Å². The normalized spacial score (nSPS) is 11.0. The minimum atomic E-state index is -4.69. The molecule has 13 nitrogen and oxygen atoms in total. The maximum atomic E-state index is 12.8. The van der Waals surface area contributed by atoms with Crippen LogP contribution in [-0.2, 0) is 24.7 Å². The number of aromatic nitrogens is 2. The number of amides is 3. The molecule has 1 heterocycles. The van der Waals surface area contributed by atoms with E-state index in [4.69, 9.17) is 9.47 Å². The quantitative estimate of drug-likeness (QED) is 0.247. The van der Waals surface area contributed by atoms with Gasteiger partial charge in [-0.15, -0.1) is 0 Å². The molecule has 0 unspecified atom stereocenters. The number of rotatable bonds is 9. The van der Waals surface area contributed by atoms with E-state index in [9.17, 15) is 26.4 Å². The Morgan fingerprint density at radius 2 is 1.66 bits per heavy atom. The number of sulfone groups is 1. The van der Waals surface area contributed by atoms with Crippen LogP contribution < -0.4 is 54.4 Å². The molecular formula is C16H20N5NaO8S2. The van der Waals surface area contributed by atoms with Crippen molar-refractivity contribution in [2.45, 2.75) is 16.7 Å². The van der Waals surface area contributed by atoms with Crippen molar-refractivity contribution in [3.63, 3.8) is 0 Å². The molecular weight excluding hydrogens is 477 g/mol. The Balaban J connectivity index is 0.00000512. The summed E-state index contributed by atoms with van der Waals surface area (Å²) in [5.74, 6) is -0.649. The molecule has 0 radical (unpaired) electrons. The molecule has 0 aliphatic carbocycles. The molecule has 0 bridgehead atoms. The number of sulfonamides is 1. The molecule has 0 saturated heterocycles. The van der Waals surface area contributed by atoms with Gasteiger partial charge in [0.2, 0.25) is 24.1 Å². The van der Waals surface area contributed by atoms with Crippen LogP contribution in [0.2, 0.25) is 0 Å². The van der Waals surface area contributed by atoms with E-state index < -0.39 is 35.7 Å². The molecule has 3 amide bonds. The fourth-order valence-corrected chi connectivity index (χ4v) is 4.94. The number of ether oxygens (including phenoxy) is 2. The van der Waals surface area contributed by atoms with Crippen LogP contribution in [0.3, 0.4) is 0 Å². The first kappa shape index (κ1) is 27.6. The zero-order valence-electron chi connectivity index (χ0n) is 18.6. The zero-order valence-corrected chi connectivity index (χ0v) is 21.2. The summed E-state index contributed by atoms with van der Waals surface area (Å²) >= 11 is 0. The number of carbonyl (C=O) groups excluding carboxylic acids is 2. The molecule has 3 N–H and O–H groups in total. The molecule has 2 rings (SSSR count). The molecule has 0 aliphatic rings. The standard InChI is InChI=1S/C16H19N5O8S2.Na.H/c1-4-30(24,25)11-6-5-10(17-9-22)7-12(11)31(26,27)21-16(23)20-15-18-13(28-2)8-14(19-15)29-3;;/h5-9H,4H2,1-3H3,(H,17,22)(H2,18,19,20,21,23);;/q;+1;-1. The Labute approximate surface area is 208 Å². The number of nitrogens with zero attached hydrogens (tertiary/aromatic N) is 2. The molecule has 0 aliphatic heterocycles. The Kier molecular flexibility index (Phi) is 9.84. The molecule has 2 aromatic rings. The number of nitrogens with one attached hydrogen (secondary N) is 3. The van der Waals surface area contributed by atoms with Crippen molar-refractivity contribution in [1.82, 2.24) is 14.7 Å². The minimum absolute atomic E-state index is 0. The number of urea groups is 1. The van der Waals surface area contributed by atoms with E-state index in [-0.39, 0.29) is 66.5 Å². The topological polar surface area (TPSA) is 183 Å². The van der Waals surface area contributed by atoms with E-state index in [1.807, 2.05) is 0 Å². The van der Waals surface area contributed by atoms with Gasteiger partial charge in [0.25, 0.3) is 10.0 Å². The second-order valence-electron chi connectivity index (χ2n) is 5.66. The molecule has 1 aromatic carbocycles. The SMILES string of the molecule is CCS(=O)(=O)c1ccc(NC=O)cc1S(=O)(=O)NC(=O)Nc1nc(OC)cc(OC)n1.[H-].[Na+]. The van der Waals surface area contributed by atoms with Gasteiger partial charge >= 0.3 is 35.6 Å². The van der Waals surface area contributed by atoms with Gasteiger partial charge in [0.1, 0.15) is 4.90 Å². The van der Waals surface area contributed by atoms with Crippen molar-refractivity contribution in [1.29, 1.82) is 0 Å². The van der Waals surface area contributed by atoms with Crippen LogP contribution in [0.15, 0.2) is 34.1 Å². The number of methoxy groups -OCH3 is 2. The molecule has 1 aromatic heterocycles. The summed E-state index contributed by atoms with van der Waals surface area (Å²) in [6, 6.07) is 3.20. The maximum Gasteiger partial charge on any atom is 1.00 e. The average molecular weight is 497 g/mol. The van der Waals surface area contributed by atoms with E-state index in [0.717, 1.165) is 12.1 Å². The van der Waals surface area contributed by atoms with Crippen LogP contribution in [0.5, 0.6) is 11.8 Å². The largest absolute Gasteiger partial charge is 1.00 e. The minimum Gasteiger partial charge on any atom is -1.00 e. The first-order chi connectivity index (χ1) is 14.6. The zero-order chi connectivity index (χ0) is 23.2. The summed E-state index contributed by atoms with van der Waals surface area (Å²) in [7, 11) is -6.05. The predicted molar refractivity (Wildman–Crippen MR) is 109 cm³/mol. The van der Waals surface area contributed by atoms with Crippen molar-refractivity contribution < 1.29 is 66.9 Å². The smallest absolute Gasteiger partial charge is 1.00 e. The van der Waals surface area contributed by atoms with Crippen LogP contribution in [0.1, 0.15) is 8.35 Å². The van der Waals surface area contributed by atoms with Gasteiger partial charge in [0, 0.05) is 5.69 Å². The number of benzene rings is 1. The molecule has 0 saturated carbocycles. The maximum absolute atomic E-state index is 12.8. The van der Waals surface area contributed by atoms with Crippen LogP contribution in [0.4, 0.5) is 16.4 Å². The Hall–Kier alpha value is -2.46. The molecule has 170 valence electrons. The number of anilines is 2. The van der Waals surface area contributed by atoms with Crippen molar-refractivity contribution in [2.75, 3.05) is 30.6 Å². The number of hydrogen-bond donors (Lipinski definition) is 3. The summed E-state index contributed by atoms with van der Waals surface area (Å²) in [4.78, 5) is 29.3. The summed E-state index contributed by atoms with van der Waals surface area (Å²) in [6.45, 7) is 1.33. The van der Waals surface area contributed by atoms with E-state index in [2.05, 4.69) is 20.6 Å². The third-order valence-electron chi connectivity index (χ3n) is 3.72. The third-order valence-corrected chi connectivity index (χ3v) is 7.01. The fraction of sp³-hybridized carbons (Fsp3) is 0.250. The van der Waals surface area contributed by atoms with Crippen molar-refractivity contribution >= 4 is 43.9 Å². The van der Waals surface area contributed by atoms with Gasteiger partial charge < -0.3 is 16.2 Å². The summed E-state index contributed by atoms with van der Waals surface area (Å²) in [6.07, 6.45) is 0.285. The van der Waals surface area contributed by atoms with Gasteiger partial charge in [-0.3, -0.25) is 10.1 Å². The number of hydrogen-bond acceptors (Lipinski definition) is 10. The molecule has 0 spiro atoms. The van der Waals surface area contributed by atoms with Gasteiger partial charge in [-0.25, -0.2) is 26.4 Å². The summed E-state index contributed by atoms with van der Waals surface area (Å²) in [5.41, 5.74) is 0.00621. The summed E-state index contributed by atoms with van der Waals surface area (Å²) < 4.78 is 61.7. The Morgan fingerprint density at radius 3 is 2.16 bits per heavy atom. The first-order valence-corrected chi connectivity index (χ1v) is 11.6. The van der Waals surface area contributed by atoms with Gasteiger partial charge in [-0.05, 0) is 18.2 Å². The van der Waals surface area contributed by atoms with Gasteiger partial charge in [-0.2, -0.15) is 9.97 Å². The van der Waals surface area contributed by atoms with Crippen LogP contribution in [0, 0.1) is 0 Å². The Bertz CT molecular complexity index is 1190. The van der Waals surface area contributed by atoms with Gasteiger partial charge in [0.15, 0.2) is 9.84 Å². The fourth-order valence-electron chi connectivity index (χ4n) is 2.26. The monoisotopic (exact) mass is 497 g/mol. The molecule has 32 heavy (non-hydrogen) atoms. The van der Waals surface area contributed by atoms with Gasteiger partial charge in [0.05, 0.1) is 30.9 Å². The first-order valence-electron chi connectivity index (χ1n) is 8.44. The van der Waals surface area contributed by atoms with Crippen molar-refractivity contribution in [3.8, 4) is 11.8 Å². The Morgan fingerprint density at radius 1 is 1.06 bits per heavy atom. The van der Waals surface area contributed by atoms with E-state index >= 15 is 0 Å². The molecule has 0 atom stereocenters. The van der Waals surface area contributed by atoms with Crippen molar-refractivity contribution in [3.05, 3.63) is 24.3 Å². The molecule has 0 fully saturated rings. The second-order valence-corrected chi connectivity index (χ2v) is 9.56. The third kappa shape index (κ3) is 6.77. The second kappa shape index (κ2) is 11.4. The number of carbonyl (C=O) groups is 2. The van der Waals surface area contributed by atoms with Gasteiger partial charge in [-0.1, -0.05) is 6.92 Å². The van der Waals surface area contributed by atoms with Crippen LogP contribution in [0.25, 0.3) is 0 Å². The van der Waals surface area contributed by atoms with Crippen LogP contribution >= 0.6 is 0 Å². The van der Waals surface area contributed by atoms with E-state index in [1.165, 1.54) is 33.3 Å². The van der Waals surface area contributed by atoms with Crippen LogP contribution in [-0.4, -0.2) is 59.2 Å².